The van der Waals surface area contributed by atoms with Crippen molar-refractivity contribution in [1.29, 1.82) is 0 Å². The second-order valence-electron chi connectivity index (χ2n) is 13.9. The largest absolute Gasteiger partial charge is 0.459 e. The molecule has 13 nitrogen and oxygen atoms in total. The number of carbonyl (C=O) groups excluding carboxylic acids is 4. The van der Waals surface area contributed by atoms with Gasteiger partial charge in [-0.3, -0.25) is 0 Å². The Bertz CT molecular complexity index is 2180. The van der Waals surface area contributed by atoms with Gasteiger partial charge < -0.3 is 43.4 Å². The lowest BCUT2D eigenvalue weighted by Gasteiger charge is -2.47. The fourth-order valence-corrected chi connectivity index (χ4v) is 7.84. The minimum absolute atomic E-state index is 0.113. The Morgan fingerprint density at radius 1 is 0.517 bits per heavy atom. The summed E-state index contributed by atoms with van der Waals surface area (Å²) in [5.41, 5.74) is -0.394. The molecule has 310 valence electrons. The van der Waals surface area contributed by atoms with Crippen molar-refractivity contribution < 1.29 is 62.5 Å². The molecule has 0 aliphatic carbocycles. The van der Waals surface area contributed by atoms with Gasteiger partial charge in [0.25, 0.3) is 0 Å². The van der Waals surface area contributed by atoms with E-state index in [1.54, 1.807) is 91.9 Å². The van der Waals surface area contributed by atoms with Gasteiger partial charge in [0.1, 0.15) is 36.5 Å². The van der Waals surface area contributed by atoms with Crippen molar-refractivity contribution in [2.45, 2.75) is 72.4 Å². The average Bonchev–Trinajstić information content (AvgIpc) is 3.29. The fraction of sp³-hybridized carbons (Fsp3) is 0.261. The van der Waals surface area contributed by atoms with Crippen LogP contribution in [0.4, 0.5) is 0 Å². The summed E-state index contributed by atoms with van der Waals surface area (Å²) in [7, 11) is 0. The van der Waals surface area contributed by atoms with Crippen LogP contribution in [0.15, 0.2) is 157 Å². The van der Waals surface area contributed by atoms with E-state index in [1.807, 2.05) is 30.3 Å². The average molecular weight is 835 g/mol. The second-order valence-corrected chi connectivity index (χ2v) is 15.1. The smallest absolute Gasteiger partial charge is 0.338 e. The standard InChI is InChI=1S/C46H42O13S/c1-28-35(47)36(48)38(46(54-28)60-33-25-15-6-16-26-33)59-45-40(58-44(52)32-23-13-5-14-24-32)39(57-43(51)31-21-11-4-12-22-31)37(56-42(50)30-19-9-3-10-20-30)34(55-45)27-53-41(49)29-17-7-2-8-18-29/h2-26,28,34-40,45-48H,27H2,1H3/t28-,34+,35+,36+,37+,38-,39-,40+,45-,46+/m0/s1. The number of aliphatic hydroxyl groups is 2. The maximum atomic E-state index is 14.0. The third-order valence-corrected chi connectivity index (χ3v) is 11.0. The molecule has 2 fully saturated rings. The molecular weight excluding hydrogens is 793 g/mol. The van der Waals surface area contributed by atoms with E-state index >= 15 is 0 Å². The number of hydrogen-bond donors (Lipinski definition) is 2. The Balaban J connectivity index is 1.31. The minimum Gasteiger partial charge on any atom is -0.459 e. The highest BCUT2D eigenvalue weighted by Crippen LogP contribution is 2.38. The van der Waals surface area contributed by atoms with Gasteiger partial charge in [-0.05, 0) is 67.6 Å². The predicted octanol–water partition coefficient (Wildman–Crippen LogP) is 5.89. The summed E-state index contributed by atoms with van der Waals surface area (Å²) in [5.74, 6) is -3.37. The summed E-state index contributed by atoms with van der Waals surface area (Å²) in [6.07, 6.45) is -13.4. The van der Waals surface area contributed by atoms with E-state index in [4.69, 9.17) is 33.2 Å². The number of benzene rings is 5. The molecule has 2 saturated heterocycles. The van der Waals surface area contributed by atoms with Gasteiger partial charge in [0.2, 0.25) is 0 Å². The summed E-state index contributed by atoms with van der Waals surface area (Å²) < 4.78 is 43.3. The van der Waals surface area contributed by atoms with Crippen LogP contribution in [0.3, 0.4) is 0 Å². The summed E-state index contributed by atoms with van der Waals surface area (Å²) >= 11 is 1.20. The van der Waals surface area contributed by atoms with Crippen LogP contribution in [-0.2, 0) is 33.2 Å². The van der Waals surface area contributed by atoms with E-state index in [9.17, 15) is 29.4 Å². The zero-order valence-electron chi connectivity index (χ0n) is 32.2. The molecule has 0 amide bonds. The van der Waals surface area contributed by atoms with E-state index in [1.165, 1.54) is 48.2 Å². The Hall–Kier alpha value is -5.87. The van der Waals surface area contributed by atoms with Crippen molar-refractivity contribution in [1.82, 2.24) is 0 Å². The first kappa shape index (κ1) is 42.3. The summed E-state index contributed by atoms with van der Waals surface area (Å²) in [6, 6.07) is 41.2. The molecule has 2 N–H and O–H groups in total. The molecule has 60 heavy (non-hydrogen) atoms. The third kappa shape index (κ3) is 10.3. The van der Waals surface area contributed by atoms with Gasteiger partial charge >= 0.3 is 23.9 Å². The molecule has 14 heteroatoms. The number of ether oxygens (including phenoxy) is 7. The topological polar surface area (TPSA) is 173 Å². The number of esters is 4. The molecule has 5 aromatic carbocycles. The van der Waals surface area contributed by atoms with Crippen molar-refractivity contribution in [3.05, 3.63) is 174 Å². The predicted molar refractivity (Wildman–Crippen MR) is 216 cm³/mol. The summed E-state index contributed by atoms with van der Waals surface area (Å²) in [6.45, 7) is 1.02. The molecule has 0 unspecified atom stereocenters. The Kier molecular flexibility index (Phi) is 14.0. The van der Waals surface area contributed by atoms with Crippen LogP contribution < -0.4 is 0 Å². The van der Waals surface area contributed by atoms with E-state index in [-0.39, 0.29) is 22.3 Å². The van der Waals surface area contributed by atoms with E-state index in [2.05, 4.69) is 0 Å². The first-order valence-corrected chi connectivity index (χ1v) is 20.1. The molecule has 2 aliphatic heterocycles. The SMILES string of the molecule is C[C@@H]1O[C@H](Sc2ccccc2)[C@@H](O[C@@H]2O[C@H](COC(=O)c3ccccc3)[C@@H](OC(=O)c3ccccc3)[C@H](OC(=O)c3ccccc3)[C@H]2OC(=O)c2ccccc2)[C@H](O)[C@@H]1O. The minimum atomic E-state index is -1.74. The molecule has 0 radical (unpaired) electrons. The Morgan fingerprint density at radius 3 is 1.42 bits per heavy atom. The number of hydrogen-bond acceptors (Lipinski definition) is 14. The lowest BCUT2D eigenvalue weighted by atomic mass is 9.96. The van der Waals surface area contributed by atoms with Gasteiger partial charge in [0.15, 0.2) is 24.6 Å². The van der Waals surface area contributed by atoms with Gasteiger partial charge in [-0.15, -0.1) is 0 Å². The van der Waals surface area contributed by atoms with Crippen LogP contribution >= 0.6 is 11.8 Å². The van der Waals surface area contributed by atoms with Crippen LogP contribution in [0.1, 0.15) is 48.4 Å². The summed E-state index contributed by atoms with van der Waals surface area (Å²) in [4.78, 5) is 55.9. The van der Waals surface area contributed by atoms with Crippen molar-refractivity contribution in [3.63, 3.8) is 0 Å². The van der Waals surface area contributed by atoms with Crippen LogP contribution in [0, 0.1) is 0 Å². The molecule has 0 spiro atoms. The lowest BCUT2D eigenvalue weighted by molar-refractivity contribution is -0.331. The molecule has 0 aromatic heterocycles. The van der Waals surface area contributed by atoms with Crippen LogP contribution in [0.2, 0.25) is 0 Å². The van der Waals surface area contributed by atoms with Gasteiger partial charge in [-0.2, -0.15) is 0 Å². The molecule has 2 aliphatic rings. The van der Waals surface area contributed by atoms with Gasteiger partial charge in [-0.25, -0.2) is 19.2 Å². The molecule has 7 rings (SSSR count). The number of aliphatic hydroxyl groups excluding tert-OH is 2. The molecule has 2 heterocycles. The van der Waals surface area contributed by atoms with Crippen molar-refractivity contribution in [3.8, 4) is 0 Å². The zero-order valence-corrected chi connectivity index (χ0v) is 33.0. The fourth-order valence-electron chi connectivity index (χ4n) is 6.67. The van der Waals surface area contributed by atoms with Gasteiger partial charge in [0.05, 0.1) is 28.4 Å². The summed E-state index contributed by atoms with van der Waals surface area (Å²) in [5, 5.41) is 22.7. The zero-order chi connectivity index (χ0) is 42.0. The highest BCUT2D eigenvalue weighted by atomic mass is 32.2. The lowest BCUT2D eigenvalue weighted by Crippen LogP contribution is -2.65. The van der Waals surface area contributed by atoms with Crippen molar-refractivity contribution >= 4 is 35.6 Å². The monoisotopic (exact) mass is 834 g/mol. The third-order valence-electron chi connectivity index (χ3n) is 9.81. The molecular formula is C46H42O13S. The molecule has 0 saturated carbocycles. The van der Waals surface area contributed by atoms with E-state index in [0.717, 1.165) is 4.90 Å². The number of rotatable bonds is 13. The first-order chi connectivity index (χ1) is 29.2. The van der Waals surface area contributed by atoms with E-state index < -0.39 is 91.0 Å². The Morgan fingerprint density at radius 2 is 0.933 bits per heavy atom. The molecule has 0 bridgehead atoms. The molecule has 10 atom stereocenters. The Labute approximate surface area is 350 Å². The normalized spacial score (nSPS) is 26.2. The maximum Gasteiger partial charge on any atom is 0.338 e. The van der Waals surface area contributed by atoms with Crippen LogP contribution in [0.25, 0.3) is 0 Å². The van der Waals surface area contributed by atoms with E-state index in [0.29, 0.717) is 0 Å². The van der Waals surface area contributed by atoms with Crippen molar-refractivity contribution in [2.75, 3.05) is 6.61 Å². The number of carbonyl (C=O) groups is 4. The number of thioether (sulfide) groups is 1. The second kappa shape index (κ2) is 19.9. The quantitative estimate of drug-likeness (QED) is 0.106. The van der Waals surface area contributed by atoms with Crippen LogP contribution in [-0.4, -0.2) is 101 Å². The maximum absolute atomic E-state index is 14.0. The molecule has 5 aromatic rings. The van der Waals surface area contributed by atoms with Crippen LogP contribution in [0.5, 0.6) is 0 Å². The first-order valence-electron chi connectivity index (χ1n) is 19.2. The highest BCUT2D eigenvalue weighted by molar-refractivity contribution is 7.99. The van der Waals surface area contributed by atoms with Gasteiger partial charge in [0, 0.05) is 4.90 Å². The van der Waals surface area contributed by atoms with Crippen molar-refractivity contribution in [2.24, 2.45) is 0 Å². The highest BCUT2D eigenvalue weighted by Gasteiger charge is 2.56. The van der Waals surface area contributed by atoms with Gasteiger partial charge in [-0.1, -0.05) is 103 Å².